The average Bonchev–Trinajstić information content (AvgIpc) is 2.86. The number of hydrogen-bond donors (Lipinski definition) is 0. The van der Waals surface area contributed by atoms with Gasteiger partial charge in [-0.3, -0.25) is 4.79 Å². The number of aromatic nitrogens is 1. The number of morpholine rings is 1. The van der Waals surface area contributed by atoms with Crippen molar-refractivity contribution in [2.45, 2.75) is 38.8 Å². The SMILES string of the molecule is CCC1COC(C)CN1c1nc(CC(=O)OC)cs1. The number of nitrogens with zero attached hydrogens (tertiary/aromatic N) is 2. The van der Waals surface area contributed by atoms with Gasteiger partial charge in [0.1, 0.15) is 0 Å². The third kappa shape index (κ3) is 3.45. The zero-order chi connectivity index (χ0) is 13.8. The Hall–Kier alpha value is -1.14. The fraction of sp³-hybridized carbons (Fsp3) is 0.692. The number of carbonyl (C=O) groups is 1. The van der Waals surface area contributed by atoms with Crippen LogP contribution in [0.15, 0.2) is 5.38 Å². The molecule has 5 nitrogen and oxygen atoms in total. The first-order chi connectivity index (χ1) is 9.13. The van der Waals surface area contributed by atoms with Gasteiger partial charge in [-0.15, -0.1) is 11.3 Å². The highest BCUT2D eigenvalue weighted by atomic mass is 32.1. The topological polar surface area (TPSA) is 51.7 Å². The van der Waals surface area contributed by atoms with Gasteiger partial charge in [-0.1, -0.05) is 6.92 Å². The van der Waals surface area contributed by atoms with Crippen LogP contribution in [-0.4, -0.2) is 43.4 Å². The second-order valence-corrected chi connectivity index (χ2v) is 5.57. The molecule has 0 saturated carbocycles. The monoisotopic (exact) mass is 284 g/mol. The molecule has 1 aliphatic rings. The molecule has 0 bridgehead atoms. The molecule has 0 amide bonds. The largest absolute Gasteiger partial charge is 0.469 e. The van der Waals surface area contributed by atoms with Crippen LogP contribution in [0.5, 0.6) is 0 Å². The lowest BCUT2D eigenvalue weighted by atomic mass is 10.1. The molecule has 2 unspecified atom stereocenters. The van der Waals surface area contributed by atoms with Crippen LogP contribution < -0.4 is 4.90 Å². The van der Waals surface area contributed by atoms with Gasteiger partial charge < -0.3 is 14.4 Å². The Morgan fingerprint density at radius 3 is 3.16 bits per heavy atom. The Bertz CT molecular complexity index is 435. The minimum atomic E-state index is -0.251. The Morgan fingerprint density at radius 2 is 2.47 bits per heavy atom. The van der Waals surface area contributed by atoms with Crippen LogP contribution in [0.3, 0.4) is 0 Å². The summed E-state index contributed by atoms with van der Waals surface area (Å²) in [5, 5.41) is 2.90. The molecular weight excluding hydrogens is 264 g/mol. The molecular formula is C13H20N2O3S. The van der Waals surface area contributed by atoms with Crippen LogP contribution in [0.1, 0.15) is 26.0 Å². The highest BCUT2D eigenvalue weighted by Crippen LogP contribution is 2.27. The van der Waals surface area contributed by atoms with E-state index in [1.54, 1.807) is 11.3 Å². The average molecular weight is 284 g/mol. The predicted octanol–water partition coefficient (Wildman–Crippen LogP) is 1.86. The van der Waals surface area contributed by atoms with E-state index in [2.05, 4.69) is 28.5 Å². The third-order valence-electron chi connectivity index (χ3n) is 3.28. The van der Waals surface area contributed by atoms with Gasteiger partial charge in [0.25, 0.3) is 0 Å². The first-order valence-electron chi connectivity index (χ1n) is 6.53. The standard InChI is InChI=1S/C13H20N2O3S/c1-4-11-7-18-9(2)6-15(11)13-14-10(8-19-13)5-12(16)17-3/h8-9,11H,4-7H2,1-3H3. The van der Waals surface area contributed by atoms with Gasteiger partial charge in [0, 0.05) is 11.9 Å². The second kappa shape index (κ2) is 6.34. The maximum Gasteiger partial charge on any atom is 0.311 e. The molecule has 19 heavy (non-hydrogen) atoms. The smallest absolute Gasteiger partial charge is 0.311 e. The van der Waals surface area contributed by atoms with Crippen molar-refractivity contribution in [2.75, 3.05) is 25.2 Å². The molecule has 0 aliphatic carbocycles. The number of esters is 1. The second-order valence-electron chi connectivity index (χ2n) is 4.73. The fourth-order valence-corrected chi connectivity index (χ4v) is 3.05. The summed E-state index contributed by atoms with van der Waals surface area (Å²) >= 11 is 1.58. The van der Waals surface area contributed by atoms with Crippen LogP contribution in [0.2, 0.25) is 0 Å². The number of thiazole rings is 1. The van der Waals surface area contributed by atoms with Gasteiger partial charge in [-0.2, -0.15) is 0 Å². The molecule has 0 spiro atoms. The normalized spacial score (nSPS) is 23.4. The molecule has 0 aromatic carbocycles. The predicted molar refractivity (Wildman–Crippen MR) is 74.7 cm³/mol. The molecule has 1 saturated heterocycles. The summed E-state index contributed by atoms with van der Waals surface area (Å²) in [5.74, 6) is -0.251. The summed E-state index contributed by atoms with van der Waals surface area (Å²) in [6.07, 6.45) is 1.48. The molecule has 6 heteroatoms. The summed E-state index contributed by atoms with van der Waals surface area (Å²) in [4.78, 5) is 18.1. The molecule has 2 rings (SSSR count). The summed E-state index contributed by atoms with van der Waals surface area (Å²) < 4.78 is 10.3. The summed E-state index contributed by atoms with van der Waals surface area (Å²) in [5.41, 5.74) is 0.779. The number of hydrogen-bond acceptors (Lipinski definition) is 6. The summed E-state index contributed by atoms with van der Waals surface area (Å²) in [6, 6.07) is 0.369. The third-order valence-corrected chi connectivity index (χ3v) is 4.20. The molecule has 1 aromatic rings. The van der Waals surface area contributed by atoms with Crippen LogP contribution in [0.25, 0.3) is 0 Å². The lowest BCUT2D eigenvalue weighted by Gasteiger charge is -2.38. The van der Waals surface area contributed by atoms with E-state index in [-0.39, 0.29) is 18.5 Å². The minimum Gasteiger partial charge on any atom is -0.469 e. The lowest BCUT2D eigenvalue weighted by Crippen LogP contribution is -2.48. The lowest BCUT2D eigenvalue weighted by molar-refractivity contribution is -0.139. The molecule has 1 aliphatic heterocycles. The molecule has 0 N–H and O–H groups in total. The quantitative estimate of drug-likeness (QED) is 0.790. The van der Waals surface area contributed by atoms with Crippen LogP contribution in [-0.2, 0) is 20.7 Å². The highest BCUT2D eigenvalue weighted by Gasteiger charge is 2.27. The van der Waals surface area contributed by atoms with E-state index in [4.69, 9.17) is 4.74 Å². The Morgan fingerprint density at radius 1 is 1.68 bits per heavy atom. The number of anilines is 1. The number of ether oxygens (including phenoxy) is 2. The number of methoxy groups -OCH3 is 1. The van der Waals surface area contributed by atoms with Crippen LogP contribution in [0, 0.1) is 0 Å². The summed E-state index contributed by atoms with van der Waals surface area (Å²) in [7, 11) is 1.40. The van der Waals surface area contributed by atoms with Gasteiger partial charge in [-0.05, 0) is 13.3 Å². The maximum absolute atomic E-state index is 11.2. The van der Waals surface area contributed by atoms with Crippen LogP contribution in [0.4, 0.5) is 5.13 Å². The first kappa shape index (κ1) is 14.3. The van der Waals surface area contributed by atoms with Gasteiger partial charge in [0.2, 0.25) is 0 Å². The minimum absolute atomic E-state index is 0.218. The van der Waals surface area contributed by atoms with Crippen molar-refractivity contribution < 1.29 is 14.3 Å². The molecule has 1 fully saturated rings. The molecule has 2 heterocycles. The molecule has 2 atom stereocenters. The van der Waals surface area contributed by atoms with Gasteiger partial charge in [-0.25, -0.2) is 4.98 Å². The molecule has 1 aromatic heterocycles. The first-order valence-corrected chi connectivity index (χ1v) is 7.41. The number of carbonyl (C=O) groups excluding carboxylic acids is 1. The Kier molecular flexibility index (Phi) is 4.76. The van der Waals surface area contributed by atoms with Crippen molar-refractivity contribution in [2.24, 2.45) is 0 Å². The van der Waals surface area contributed by atoms with Crippen molar-refractivity contribution in [3.05, 3.63) is 11.1 Å². The van der Waals surface area contributed by atoms with E-state index in [1.165, 1.54) is 7.11 Å². The summed E-state index contributed by atoms with van der Waals surface area (Å²) in [6.45, 7) is 5.81. The Balaban J connectivity index is 2.09. The van der Waals surface area contributed by atoms with Gasteiger partial charge >= 0.3 is 5.97 Å². The van der Waals surface area contributed by atoms with Gasteiger partial charge in [0.15, 0.2) is 5.13 Å². The zero-order valence-corrected chi connectivity index (χ0v) is 12.4. The highest BCUT2D eigenvalue weighted by molar-refractivity contribution is 7.13. The maximum atomic E-state index is 11.2. The van der Waals surface area contributed by atoms with Crippen LogP contribution >= 0.6 is 11.3 Å². The van der Waals surface area contributed by atoms with Crippen molar-refractivity contribution >= 4 is 22.4 Å². The number of rotatable bonds is 4. The zero-order valence-electron chi connectivity index (χ0n) is 11.6. The van der Waals surface area contributed by atoms with E-state index in [9.17, 15) is 4.79 Å². The fourth-order valence-electron chi connectivity index (χ4n) is 2.15. The van der Waals surface area contributed by atoms with Gasteiger partial charge in [0.05, 0.1) is 38.0 Å². The molecule has 106 valence electrons. The van der Waals surface area contributed by atoms with Crippen molar-refractivity contribution in [3.63, 3.8) is 0 Å². The van der Waals surface area contributed by atoms with E-state index < -0.39 is 0 Å². The van der Waals surface area contributed by atoms with E-state index in [1.807, 2.05) is 5.38 Å². The van der Waals surface area contributed by atoms with E-state index >= 15 is 0 Å². The van der Waals surface area contributed by atoms with Crippen molar-refractivity contribution in [1.29, 1.82) is 0 Å². The van der Waals surface area contributed by atoms with Crippen molar-refractivity contribution in [3.8, 4) is 0 Å². The van der Waals surface area contributed by atoms with E-state index in [0.29, 0.717) is 6.04 Å². The Labute approximate surface area is 117 Å². The van der Waals surface area contributed by atoms with E-state index in [0.717, 1.165) is 30.4 Å². The van der Waals surface area contributed by atoms with Crippen molar-refractivity contribution in [1.82, 2.24) is 4.98 Å². The molecule has 0 radical (unpaired) electrons.